The van der Waals surface area contributed by atoms with Crippen LogP contribution in [0.5, 0.6) is 11.5 Å². The van der Waals surface area contributed by atoms with Gasteiger partial charge in [-0.15, -0.1) is 11.3 Å². The van der Waals surface area contributed by atoms with E-state index in [1.807, 2.05) is 0 Å². The number of thiophene rings is 1. The Hall–Kier alpha value is -2.12. The summed E-state index contributed by atoms with van der Waals surface area (Å²) in [4.78, 5) is 24.6. The van der Waals surface area contributed by atoms with Gasteiger partial charge in [0.05, 0.1) is 25.5 Å². The molecular weight excluding hydrogens is 392 g/mol. The van der Waals surface area contributed by atoms with Gasteiger partial charge in [0.25, 0.3) is 0 Å². The van der Waals surface area contributed by atoms with Crippen molar-refractivity contribution in [1.29, 1.82) is 0 Å². The van der Waals surface area contributed by atoms with E-state index in [1.165, 1.54) is 22.2 Å². The van der Waals surface area contributed by atoms with E-state index in [0.29, 0.717) is 17.1 Å². The third-order valence-corrected chi connectivity index (χ3v) is 6.64. The molecule has 0 aliphatic carbocycles. The monoisotopic (exact) mass is 416 g/mol. The minimum atomic E-state index is -0.0193. The summed E-state index contributed by atoms with van der Waals surface area (Å²) in [6.07, 6.45) is 1.82. The van der Waals surface area contributed by atoms with Crippen LogP contribution in [0.2, 0.25) is 0 Å². The summed E-state index contributed by atoms with van der Waals surface area (Å²) in [5.41, 5.74) is 1.71. The molecule has 5 nitrogen and oxygen atoms in total. The molecule has 1 aromatic carbocycles. The molecule has 2 aromatic heterocycles. The summed E-state index contributed by atoms with van der Waals surface area (Å²) >= 11 is 3.15. The highest BCUT2D eigenvalue weighted by Crippen LogP contribution is 2.36. The maximum absolute atomic E-state index is 12.9. The predicted octanol–water partition coefficient (Wildman–Crippen LogP) is 5.25. The average Bonchev–Trinajstić information content (AvgIpc) is 2.99. The van der Waals surface area contributed by atoms with Crippen molar-refractivity contribution in [2.75, 3.05) is 20.0 Å². The number of fused-ring (bicyclic) bond motifs is 1. The Balaban J connectivity index is 1.92. The van der Waals surface area contributed by atoms with Gasteiger partial charge in [-0.3, -0.25) is 4.79 Å². The lowest BCUT2D eigenvalue weighted by molar-refractivity contribution is 0.101. The van der Waals surface area contributed by atoms with Gasteiger partial charge in [0.1, 0.15) is 27.2 Å². The molecule has 0 saturated carbocycles. The van der Waals surface area contributed by atoms with Gasteiger partial charge in [0.2, 0.25) is 0 Å². The lowest BCUT2D eigenvalue weighted by atomic mass is 10.1. The molecule has 0 N–H and O–H groups in total. The fourth-order valence-electron chi connectivity index (χ4n) is 2.94. The van der Waals surface area contributed by atoms with Crippen molar-refractivity contribution in [3.63, 3.8) is 0 Å². The SMILES string of the molecule is CCCc1nc(SCC(=O)c2cc(OC)ccc2OC)c2c(C)c(C)sc2n1. The van der Waals surface area contributed by atoms with Crippen molar-refractivity contribution in [2.24, 2.45) is 0 Å². The van der Waals surface area contributed by atoms with Gasteiger partial charge in [0, 0.05) is 16.7 Å². The summed E-state index contributed by atoms with van der Waals surface area (Å²) in [7, 11) is 3.15. The van der Waals surface area contributed by atoms with E-state index in [4.69, 9.17) is 19.4 Å². The van der Waals surface area contributed by atoms with Crippen LogP contribution in [-0.2, 0) is 6.42 Å². The van der Waals surface area contributed by atoms with Crippen molar-refractivity contribution < 1.29 is 14.3 Å². The van der Waals surface area contributed by atoms with Crippen molar-refractivity contribution in [3.05, 3.63) is 40.0 Å². The maximum Gasteiger partial charge on any atom is 0.176 e. The molecule has 0 amide bonds. The van der Waals surface area contributed by atoms with Gasteiger partial charge in [-0.2, -0.15) is 0 Å². The van der Waals surface area contributed by atoms with Crippen LogP contribution in [-0.4, -0.2) is 35.7 Å². The van der Waals surface area contributed by atoms with Gasteiger partial charge in [0.15, 0.2) is 5.78 Å². The Labute approximate surface area is 173 Å². The van der Waals surface area contributed by atoms with Crippen molar-refractivity contribution in [2.45, 2.75) is 38.6 Å². The number of carbonyl (C=O) groups excluding carboxylic acids is 1. The van der Waals surface area contributed by atoms with E-state index < -0.39 is 0 Å². The Kier molecular flexibility index (Phi) is 6.57. The van der Waals surface area contributed by atoms with Gasteiger partial charge < -0.3 is 9.47 Å². The highest BCUT2D eigenvalue weighted by atomic mass is 32.2. The number of Topliss-reactive ketones (excluding diaryl/α,β-unsaturated/α-hetero) is 1. The number of thioether (sulfide) groups is 1. The van der Waals surface area contributed by atoms with Crippen LogP contribution < -0.4 is 9.47 Å². The Morgan fingerprint density at radius 1 is 1.18 bits per heavy atom. The highest BCUT2D eigenvalue weighted by Gasteiger charge is 2.18. The average molecular weight is 417 g/mol. The first-order chi connectivity index (χ1) is 13.5. The van der Waals surface area contributed by atoms with E-state index in [9.17, 15) is 4.79 Å². The minimum absolute atomic E-state index is 0.0193. The van der Waals surface area contributed by atoms with Gasteiger partial charge in [-0.05, 0) is 44.0 Å². The van der Waals surface area contributed by atoms with Crippen LogP contribution in [0.1, 0.15) is 40.0 Å². The molecule has 0 fully saturated rings. The Morgan fingerprint density at radius 2 is 1.96 bits per heavy atom. The van der Waals surface area contributed by atoms with E-state index >= 15 is 0 Å². The molecule has 28 heavy (non-hydrogen) atoms. The van der Waals surface area contributed by atoms with Crippen molar-refractivity contribution in [1.82, 2.24) is 9.97 Å². The highest BCUT2D eigenvalue weighted by molar-refractivity contribution is 8.00. The van der Waals surface area contributed by atoms with Crippen LogP contribution >= 0.6 is 23.1 Å². The second kappa shape index (κ2) is 8.92. The zero-order valence-corrected chi connectivity index (χ0v) is 18.4. The molecule has 0 aliphatic rings. The van der Waals surface area contributed by atoms with Gasteiger partial charge >= 0.3 is 0 Å². The van der Waals surface area contributed by atoms with Crippen LogP contribution in [0.4, 0.5) is 0 Å². The van der Waals surface area contributed by atoms with Crippen LogP contribution in [0, 0.1) is 13.8 Å². The first kappa shape index (κ1) is 20.6. The number of benzene rings is 1. The first-order valence-corrected chi connectivity index (χ1v) is 10.9. The molecule has 0 bridgehead atoms. The van der Waals surface area contributed by atoms with E-state index in [2.05, 4.69) is 20.8 Å². The first-order valence-electron chi connectivity index (χ1n) is 9.13. The fraction of sp³-hybridized carbons (Fsp3) is 0.381. The standard InChI is InChI=1S/C21H24N2O3S2/c1-6-7-18-22-20(19-12(2)13(3)28-21(19)23-18)27-11-16(24)15-10-14(25-4)8-9-17(15)26-5/h8-10H,6-7,11H2,1-5H3. The molecule has 0 spiro atoms. The Bertz CT molecular complexity index is 1010. The number of carbonyl (C=O) groups is 1. The number of hydrogen-bond acceptors (Lipinski definition) is 7. The number of ether oxygens (including phenoxy) is 2. The number of aromatic nitrogens is 2. The zero-order valence-electron chi connectivity index (χ0n) is 16.8. The molecule has 0 saturated heterocycles. The molecule has 0 aliphatic heterocycles. The van der Waals surface area contributed by atoms with E-state index in [1.54, 1.807) is 43.8 Å². The Morgan fingerprint density at radius 3 is 2.64 bits per heavy atom. The second-order valence-corrected chi connectivity index (χ2v) is 8.60. The summed E-state index contributed by atoms with van der Waals surface area (Å²) in [6.45, 7) is 6.31. The molecular formula is C21H24N2O3S2. The summed E-state index contributed by atoms with van der Waals surface area (Å²) in [6, 6.07) is 5.26. The van der Waals surface area contributed by atoms with Crippen LogP contribution in [0.25, 0.3) is 10.2 Å². The zero-order chi connectivity index (χ0) is 20.3. The lowest BCUT2D eigenvalue weighted by Crippen LogP contribution is -2.06. The van der Waals surface area contributed by atoms with Crippen molar-refractivity contribution >= 4 is 39.1 Å². The quantitative estimate of drug-likeness (QED) is 0.284. The van der Waals surface area contributed by atoms with Gasteiger partial charge in [-0.1, -0.05) is 18.7 Å². The molecule has 0 unspecified atom stereocenters. The van der Waals surface area contributed by atoms with Crippen LogP contribution in [0.15, 0.2) is 23.2 Å². The number of ketones is 1. The van der Waals surface area contributed by atoms with Crippen molar-refractivity contribution in [3.8, 4) is 11.5 Å². The minimum Gasteiger partial charge on any atom is -0.497 e. The molecule has 3 aromatic rings. The van der Waals surface area contributed by atoms with Gasteiger partial charge in [-0.25, -0.2) is 9.97 Å². The fourth-order valence-corrected chi connectivity index (χ4v) is 5.04. The third-order valence-electron chi connectivity index (χ3n) is 4.56. The number of aryl methyl sites for hydroxylation is 3. The number of rotatable bonds is 8. The topological polar surface area (TPSA) is 61.3 Å². The normalized spacial score (nSPS) is 11.0. The smallest absolute Gasteiger partial charge is 0.176 e. The predicted molar refractivity (Wildman–Crippen MR) is 115 cm³/mol. The number of methoxy groups -OCH3 is 2. The largest absolute Gasteiger partial charge is 0.497 e. The maximum atomic E-state index is 12.9. The van der Waals surface area contributed by atoms with Crippen LogP contribution in [0.3, 0.4) is 0 Å². The molecule has 0 radical (unpaired) electrons. The molecule has 7 heteroatoms. The summed E-state index contributed by atoms with van der Waals surface area (Å²) in [5.74, 6) is 2.27. The molecule has 2 heterocycles. The molecule has 148 valence electrons. The number of nitrogens with zero attached hydrogens (tertiary/aromatic N) is 2. The summed E-state index contributed by atoms with van der Waals surface area (Å²) < 4.78 is 10.6. The third kappa shape index (κ3) is 4.15. The van der Waals surface area contributed by atoms with E-state index in [0.717, 1.165) is 33.9 Å². The summed E-state index contributed by atoms with van der Waals surface area (Å²) in [5, 5.41) is 1.95. The van der Waals surface area contributed by atoms with E-state index in [-0.39, 0.29) is 11.5 Å². The molecule has 3 rings (SSSR count). The second-order valence-electron chi connectivity index (χ2n) is 6.44. The lowest BCUT2D eigenvalue weighted by Gasteiger charge is -2.10. The molecule has 0 atom stereocenters. The number of hydrogen-bond donors (Lipinski definition) is 0.